The molecule has 188 valence electrons. The van der Waals surface area contributed by atoms with E-state index in [0.717, 1.165) is 28.1 Å². The summed E-state index contributed by atoms with van der Waals surface area (Å²) in [4.78, 5) is 8.66. The molecule has 1 heterocycles. The number of rotatable bonds is 6. The normalized spacial score (nSPS) is 10.2. The van der Waals surface area contributed by atoms with Crippen LogP contribution < -0.4 is 16.4 Å². The SMILES string of the molecule is C=CN.C=Cc1cccc2c(NCc3cccc(Nc4ccccc4C(F)(F)F)c3)ncnc12.CP. The topological polar surface area (TPSA) is 75.9 Å². The van der Waals surface area contributed by atoms with Gasteiger partial charge in [0.2, 0.25) is 0 Å². The first kappa shape index (κ1) is 28.3. The Balaban J connectivity index is 0.000000850. The molecular formula is C27H29F3N5P. The number of halogens is 3. The molecule has 1 atom stereocenters. The third-order valence-corrected chi connectivity index (χ3v) is 4.81. The van der Waals surface area contributed by atoms with E-state index in [9.17, 15) is 13.2 Å². The maximum absolute atomic E-state index is 13.3. The zero-order valence-electron chi connectivity index (χ0n) is 19.9. The third-order valence-electron chi connectivity index (χ3n) is 4.81. The lowest BCUT2D eigenvalue weighted by molar-refractivity contribution is -0.136. The number of hydrogen-bond donors (Lipinski definition) is 3. The molecule has 1 aromatic heterocycles. The summed E-state index contributed by atoms with van der Waals surface area (Å²) in [6, 6.07) is 18.4. The first-order valence-corrected chi connectivity index (χ1v) is 12.1. The molecule has 0 spiro atoms. The zero-order chi connectivity index (χ0) is 26.6. The molecule has 0 aliphatic heterocycles. The molecule has 4 aromatic rings. The highest BCUT2D eigenvalue weighted by Gasteiger charge is 2.33. The number of nitrogens with two attached hydrogens (primary N) is 1. The smallest absolute Gasteiger partial charge is 0.405 e. The monoisotopic (exact) mass is 511 g/mol. The lowest BCUT2D eigenvalue weighted by Crippen LogP contribution is -2.08. The Morgan fingerprint density at radius 2 is 1.67 bits per heavy atom. The molecule has 0 fully saturated rings. The number of aromatic nitrogens is 2. The van der Waals surface area contributed by atoms with Crippen LogP contribution in [0.5, 0.6) is 0 Å². The maximum atomic E-state index is 13.3. The summed E-state index contributed by atoms with van der Waals surface area (Å²) in [5.41, 5.74) is 7.09. The molecule has 0 aliphatic rings. The van der Waals surface area contributed by atoms with Gasteiger partial charge in [-0.2, -0.15) is 13.2 Å². The average Bonchev–Trinajstić information content (AvgIpc) is 2.88. The molecule has 0 saturated heterocycles. The van der Waals surface area contributed by atoms with Gasteiger partial charge in [0.15, 0.2) is 0 Å². The van der Waals surface area contributed by atoms with Crippen molar-refractivity contribution in [1.82, 2.24) is 9.97 Å². The van der Waals surface area contributed by atoms with Crippen molar-refractivity contribution in [2.45, 2.75) is 12.7 Å². The lowest BCUT2D eigenvalue weighted by Gasteiger charge is -2.15. The summed E-state index contributed by atoms with van der Waals surface area (Å²) in [5, 5.41) is 7.04. The van der Waals surface area contributed by atoms with Crippen LogP contribution in [0, 0.1) is 0 Å². The van der Waals surface area contributed by atoms with Crippen LogP contribution >= 0.6 is 9.24 Å². The van der Waals surface area contributed by atoms with Gasteiger partial charge in [0, 0.05) is 23.2 Å². The van der Waals surface area contributed by atoms with Crippen molar-refractivity contribution in [1.29, 1.82) is 0 Å². The second kappa shape index (κ2) is 13.9. The molecule has 36 heavy (non-hydrogen) atoms. The zero-order valence-corrected chi connectivity index (χ0v) is 21.0. The minimum atomic E-state index is -4.43. The van der Waals surface area contributed by atoms with Gasteiger partial charge in [-0.05, 0) is 42.1 Å². The number of alkyl halides is 3. The highest BCUT2D eigenvalue weighted by Crippen LogP contribution is 2.36. The highest BCUT2D eigenvalue weighted by molar-refractivity contribution is 7.15. The first-order chi connectivity index (χ1) is 17.4. The van der Waals surface area contributed by atoms with Crippen LogP contribution in [0.15, 0.2) is 92.4 Å². The fraction of sp³-hybridized carbons (Fsp3) is 0.111. The number of para-hydroxylation sites is 2. The van der Waals surface area contributed by atoms with Crippen molar-refractivity contribution in [3.05, 3.63) is 109 Å². The molecule has 0 aliphatic carbocycles. The van der Waals surface area contributed by atoms with E-state index in [1.54, 1.807) is 30.3 Å². The summed E-state index contributed by atoms with van der Waals surface area (Å²) in [5.74, 6) is 0.675. The van der Waals surface area contributed by atoms with Crippen molar-refractivity contribution >= 4 is 43.4 Å². The summed E-state index contributed by atoms with van der Waals surface area (Å²) in [6.07, 6.45) is 0.0534. The van der Waals surface area contributed by atoms with E-state index in [2.05, 4.69) is 48.7 Å². The van der Waals surface area contributed by atoms with E-state index >= 15 is 0 Å². The molecule has 3 aromatic carbocycles. The van der Waals surface area contributed by atoms with Crippen molar-refractivity contribution in [2.75, 3.05) is 17.3 Å². The van der Waals surface area contributed by atoms with Crippen LogP contribution in [-0.4, -0.2) is 16.6 Å². The summed E-state index contributed by atoms with van der Waals surface area (Å²) < 4.78 is 39.8. The predicted octanol–water partition coefficient (Wildman–Crippen LogP) is 7.23. The van der Waals surface area contributed by atoms with Gasteiger partial charge in [-0.1, -0.05) is 62.3 Å². The Morgan fingerprint density at radius 1 is 0.972 bits per heavy atom. The molecule has 5 nitrogen and oxygen atoms in total. The van der Waals surface area contributed by atoms with E-state index in [-0.39, 0.29) is 5.69 Å². The van der Waals surface area contributed by atoms with Gasteiger partial charge in [0.1, 0.15) is 12.1 Å². The van der Waals surface area contributed by atoms with Gasteiger partial charge in [0.25, 0.3) is 0 Å². The number of benzene rings is 3. The minimum absolute atomic E-state index is 0.0128. The molecule has 0 amide bonds. The molecule has 0 bridgehead atoms. The number of nitrogens with zero attached hydrogens (tertiary/aromatic N) is 2. The van der Waals surface area contributed by atoms with Gasteiger partial charge < -0.3 is 16.4 Å². The summed E-state index contributed by atoms with van der Waals surface area (Å²) >= 11 is 0. The van der Waals surface area contributed by atoms with E-state index in [4.69, 9.17) is 0 Å². The fourth-order valence-corrected chi connectivity index (χ4v) is 3.36. The minimum Gasteiger partial charge on any atom is -0.405 e. The molecule has 9 heteroatoms. The lowest BCUT2D eigenvalue weighted by atomic mass is 10.1. The average molecular weight is 512 g/mol. The van der Waals surface area contributed by atoms with Gasteiger partial charge in [-0.3, -0.25) is 0 Å². The van der Waals surface area contributed by atoms with E-state index in [1.807, 2.05) is 30.9 Å². The number of anilines is 3. The predicted molar refractivity (Wildman–Crippen MR) is 148 cm³/mol. The maximum Gasteiger partial charge on any atom is 0.418 e. The van der Waals surface area contributed by atoms with Crippen LogP contribution in [0.4, 0.5) is 30.4 Å². The van der Waals surface area contributed by atoms with Crippen LogP contribution in [0.1, 0.15) is 16.7 Å². The van der Waals surface area contributed by atoms with Gasteiger partial charge in [-0.25, -0.2) is 9.97 Å². The van der Waals surface area contributed by atoms with Gasteiger partial charge in [0.05, 0.1) is 16.8 Å². The Kier molecular flexibility index (Phi) is 10.9. The Labute approximate surface area is 211 Å². The van der Waals surface area contributed by atoms with Gasteiger partial charge >= 0.3 is 6.18 Å². The van der Waals surface area contributed by atoms with Crippen molar-refractivity contribution in [2.24, 2.45) is 5.73 Å². The van der Waals surface area contributed by atoms with Crippen LogP contribution in [0.25, 0.3) is 17.0 Å². The van der Waals surface area contributed by atoms with Crippen LogP contribution in [0.3, 0.4) is 0 Å². The summed E-state index contributed by atoms with van der Waals surface area (Å²) in [7, 11) is 2.42. The van der Waals surface area contributed by atoms with Crippen molar-refractivity contribution in [3.63, 3.8) is 0 Å². The number of hydrogen-bond acceptors (Lipinski definition) is 5. The molecule has 4 rings (SSSR count). The third kappa shape index (κ3) is 7.55. The van der Waals surface area contributed by atoms with E-state index in [0.29, 0.717) is 18.1 Å². The number of fused-ring (bicyclic) bond motifs is 1. The standard InChI is InChI=1S/C24H19F3N4.C2H5N.CH5P/c1-2-17-8-6-10-19-22(17)29-15-30-23(19)28-14-16-7-5-9-18(13-16)31-21-12-4-3-11-20(21)24(25,26)27;1-2-3;1-2/h2-13,15,31H,1,14H2,(H,28,29,30);2H,1,3H2;2H2,1H3. The Morgan fingerprint density at radius 3 is 2.36 bits per heavy atom. The largest absolute Gasteiger partial charge is 0.418 e. The molecule has 4 N–H and O–H groups in total. The van der Waals surface area contributed by atoms with Crippen LogP contribution in [-0.2, 0) is 12.7 Å². The first-order valence-electron chi connectivity index (χ1n) is 10.9. The van der Waals surface area contributed by atoms with Crippen molar-refractivity contribution in [3.8, 4) is 0 Å². The molecule has 1 unspecified atom stereocenters. The quantitative estimate of drug-likeness (QED) is 0.238. The molecule has 0 radical (unpaired) electrons. The van der Waals surface area contributed by atoms with Gasteiger partial charge in [-0.15, -0.1) is 9.24 Å². The fourth-order valence-electron chi connectivity index (χ4n) is 3.36. The Bertz CT molecular complexity index is 1290. The van der Waals surface area contributed by atoms with Crippen molar-refractivity contribution < 1.29 is 13.2 Å². The molecular weight excluding hydrogens is 482 g/mol. The highest BCUT2D eigenvalue weighted by atomic mass is 31.0. The molecule has 0 saturated carbocycles. The second-order valence-electron chi connectivity index (χ2n) is 7.13. The van der Waals surface area contributed by atoms with E-state index < -0.39 is 11.7 Å². The number of nitrogens with one attached hydrogen (secondary N) is 2. The summed E-state index contributed by atoms with van der Waals surface area (Å²) in [6.45, 7) is 9.31. The second-order valence-corrected chi connectivity index (χ2v) is 7.13. The van der Waals surface area contributed by atoms with E-state index in [1.165, 1.54) is 24.7 Å². The van der Waals surface area contributed by atoms with Crippen LogP contribution in [0.2, 0.25) is 0 Å². The Hall–Kier alpha value is -3.90.